The Kier molecular flexibility index (Phi) is 8.87. The lowest BCUT2D eigenvalue weighted by atomic mass is 9.90. The Morgan fingerprint density at radius 3 is 2.25 bits per heavy atom. The van der Waals surface area contributed by atoms with Crippen molar-refractivity contribution >= 4 is 18.0 Å². The van der Waals surface area contributed by atoms with E-state index in [0.717, 1.165) is 7.11 Å². The summed E-state index contributed by atoms with van der Waals surface area (Å²) in [4.78, 5) is 35.2. The van der Waals surface area contributed by atoms with Gasteiger partial charge in [0, 0.05) is 18.6 Å². The molecule has 1 unspecified atom stereocenters. The summed E-state index contributed by atoms with van der Waals surface area (Å²) in [5, 5.41) is 14.3. The molecule has 0 fully saturated rings. The summed E-state index contributed by atoms with van der Waals surface area (Å²) in [5.41, 5.74) is 1.06. The molecule has 2 aromatic carbocycles. The monoisotopic (exact) mass is 498 g/mol. The maximum absolute atomic E-state index is 12.5. The molecule has 11 heteroatoms. The predicted molar refractivity (Wildman–Crippen MR) is 127 cm³/mol. The Hall–Kier alpha value is -4.54. The fourth-order valence-electron chi connectivity index (χ4n) is 3.52. The Morgan fingerprint density at radius 2 is 1.61 bits per heavy atom. The Bertz CT molecular complexity index is 1180. The van der Waals surface area contributed by atoms with Gasteiger partial charge in [-0.05, 0) is 31.5 Å². The number of rotatable bonds is 9. The maximum Gasteiger partial charge on any atom is 0.513 e. The van der Waals surface area contributed by atoms with E-state index in [1.54, 1.807) is 19.9 Å². The predicted octanol–water partition coefficient (Wildman–Crippen LogP) is 5.15. The van der Waals surface area contributed by atoms with E-state index in [1.165, 1.54) is 18.2 Å². The van der Waals surface area contributed by atoms with Crippen molar-refractivity contribution in [1.29, 1.82) is 0 Å². The van der Waals surface area contributed by atoms with Gasteiger partial charge in [0.05, 0.1) is 36.6 Å². The SMILES string of the molecule is COC(=O)OC1=C(C)NC(C)=C(OC(=O)OCCCOc2ccccc2)C1c1cccc([N+](=O)[O-])c1. The molecule has 1 aliphatic rings. The van der Waals surface area contributed by atoms with E-state index < -0.39 is 23.2 Å². The van der Waals surface area contributed by atoms with Crippen LogP contribution in [0.2, 0.25) is 0 Å². The third kappa shape index (κ3) is 6.75. The number of nitro benzene ring substituents is 1. The van der Waals surface area contributed by atoms with E-state index in [4.69, 9.17) is 18.9 Å². The van der Waals surface area contributed by atoms with Crippen LogP contribution in [-0.4, -0.2) is 37.6 Å². The summed E-state index contributed by atoms with van der Waals surface area (Å²) < 4.78 is 26.2. The zero-order chi connectivity index (χ0) is 26.1. The quantitative estimate of drug-likeness (QED) is 0.214. The zero-order valence-electron chi connectivity index (χ0n) is 20.0. The second-order valence-electron chi connectivity index (χ2n) is 7.66. The number of para-hydroxylation sites is 1. The normalized spacial score (nSPS) is 15.0. The molecule has 190 valence electrons. The molecule has 1 N–H and O–H groups in total. The van der Waals surface area contributed by atoms with Crippen LogP contribution in [0.5, 0.6) is 5.75 Å². The average molecular weight is 498 g/mol. The fraction of sp³-hybridized carbons (Fsp3) is 0.280. The van der Waals surface area contributed by atoms with Crippen LogP contribution in [0.3, 0.4) is 0 Å². The van der Waals surface area contributed by atoms with Crippen LogP contribution in [0.4, 0.5) is 15.3 Å². The van der Waals surface area contributed by atoms with Gasteiger partial charge in [-0.1, -0.05) is 30.3 Å². The first-order chi connectivity index (χ1) is 17.3. The van der Waals surface area contributed by atoms with Crippen molar-refractivity contribution in [2.75, 3.05) is 20.3 Å². The minimum atomic E-state index is -0.999. The summed E-state index contributed by atoms with van der Waals surface area (Å²) in [6.07, 6.45) is -1.57. The van der Waals surface area contributed by atoms with Crippen LogP contribution in [0, 0.1) is 10.1 Å². The molecule has 0 aliphatic carbocycles. The highest BCUT2D eigenvalue weighted by Gasteiger charge is 2.36. The Labute approximate surface area is 207 Å². The summed E-state index contributed by atoms with van der Waals surface area (Å²) in [5.74, 6) is -0.133. The van der Waals surface area contributed by atoms with Crippen molar-refractivity contribution < 1.29 is 38.2 Å². The van der Waals surface area contributed by atoms with Gasteiger partial charge in [0.15, 0.2) is 0 Å². The molecule has 0 radical (unpaired) electrons. The Morgan fingerprint density at radius 1 is 0.944 bits per heavy atom. The number of hydrogen-bond acceptors (Lipinski definition) is 10. The van der Waals surface area contributed by atoms with Crippen molar-refractivity contribution in [1.82, 2.24) is 5.32 Å². The van der Waals surface area contributed by atoms with Gasteiger partial charge in [0.1, 0.15) is 23.2 Å². The number of nitro groups is 1. The summed E-state index contributed by atoms with van der Waals surface area (Å²) >= 11 is 0. The number of dihydropyridines is 1. The molecule has 0 aromatic heterocycles. The van der Waals surface area contributed by atoms with Crippen molar-refractivity contribution in [2.24, 2.45) is 0 Å². The van der Waals surface area contributed by atoms with E-state index >= 15 is 0 Å². The molecule has 0 saturated carbocycles. The molecule has 3 rings (SSSR count). The van der Waals surface area contributed by atoms with Crippen molar-refractivity contribution in [3.8, 4) is 5.75 Å². The highest BCUT2D eigenvalue weighted by Crippen LogP contribution is 2.40. The van der Waals surface area contributed by atoms with E-state index in [1.807, 2.05) is 30.3 Å². The number of hydrogen-bond donors (Lipinski definition) is 1. The highest BCUT2D eigenvalue weighted by atomic mass is 16.7. The molecule has 0 spiro atoms. The van der Waals surface area contributed by atoms with Gasteiger partial charge in [-0.3, -0.25) is 10.1 Å². The first-order valence-corrected chi connectivity index (χ1v) is 11.0. The van der Waals surface area contributed by atoms with Gasteiger partial charge in [-0.25, -0.2) is 9.59 Å². The lowest BCUT2D eigenvalue weighted by molar-refractivity contribution is -0.384. The second-order valence-corrected chi connectivity index (χ2v) is 7.66. The Balaban J connectivity index is 1.75. The largest absolute Gasteiger partial charge is 0.513 e. The minimum absolute atomic E-state index is 0.0350. The number of allylic oxidation sites excluding steroid dienone is 2. The van der Waals surface area contributed by atoms with Crippen LogP contribution >= 0.6 is 0 Å². The molecule has 1 atom stereocenters. The third-order valence-electron chi connectivity index (χ3n) is 5.13. The number of non-ortho nitro benzene ring substituents is 1. The molecule has 0 amide bonds. The van der Waals surface area contributed by atoms with Gasteiger partial charge >= 0.3 is 12.3 Å². The van der Waals surface area contributed by atoms with E-state index in [-0.39, 0.29) is 23.8 Å². The van der Waals surface area contributed by atoms with Crippen LogP contribution in [0.15, 0.2) is 77.5 Å². The zero-order valence-corrected chi connectivity index (χ0v) is 20.0. The van der Waals surface area contributed by atoms with Crippen molar-refractivity contribution in [3.05, 3.63) is 93.2 Å². The number of methoxy groups -OCH3 is 1. The molecule has 2 aromatic rings. The molecular weight excluding hydrogens is 472 g/mol. The molecule has 11 nitrogen and oxygen atoms in total. The number of carbonyl (C=O) groups excluding carboxylic acids is 2. The fourth-order valence-corrected chi connectivity index (χ4v) is 3.52. The molecule has 0 bridgehead atoms. The van der Waals surface area contributed by atoms with Gasteiger partial charge in [0.2, 0.25) is 0 Å². The lowest BCUT2D eigenvalue weighted by Gasteiger charge is -2.30. The smallest absolute Gasteiger partial charge is 0.493 e. The minimum Gasteiger partial charge on any atom is -0.493 e. The van der Waals surface area contributed by atoms with Gasteiger partial charge in [-0.2, -0.15) is 0 Å². The number of ether oxygens (including phenoxy) is 5. The molecule has 1 heterocycles. The van der Waals surface area contributed by atoms with E-state index in [0.29, 0.717) is 35.7 Å². The van der Waals surface area contributed by atoms with Gasteiger partial charge in [-0.15, -0.1) is 0 Å². The number of nitrogens with zero attached hydrogens (tertiary/aromatic N) is 1. The van der Waals surface area contributed by atoms with Crippen LogP contribution in [-0.2, 0) is 18.9 Å². The standard InChI is InChI=1S/C25H26N2O9/c1-16-22(35-24(28)32-3)21(18-9-7-10-19(15-18)27(30)31)23(17(2)26-16)36-25(29)34-14-8-13-33-20-11-5-4-6-12-20/h4-7,9-12,15,21,26H,8,13-14H2,1-3H3. The van der Waals surface area contributed by atoms with E-state index in [9.17, 15) is 19.7 Å². The molecule has 0 saturated heterocycles. The van der Waals surface area contributed by atoms with Crippen molar-refractivity contribution in [3.63, 3.8) is 0 Å². The highest BCUT2D eigenvalue weighted by molar-refractivity contribution is 5.65. The lowest BCUT2D eigenvalue weighted by Crippen LogP contribution is -2.29. The first-order valence-electron chi connectivity index (χ1n) is 11.0. The van der Waals surface area contributed by atoms with Gasteiger partial charge in [0.25, 0.3) is 5.69 Å². The molecule has 36 heavy (non-hydrogen) atoms. The number of benzene rings is 2. The van der Waals surface area contributed by atoms with Crippen LogP contribution in [0.1, 0.15) is 31.7 Å². The summed E-state index contributed by atoms with van der Waals surface area (Å²) in [7, 11) is 1.15. The maximum atomic E-state index is 12.5. The number of nitrogens with one attached hydrogen (secondary N) is 1. The first kappa shape index (κ1) is 26.1. The van der Waals surface area contributed by atoms with E-state index in [2.05, 4.69) is 10.1 Å². The van der Waals surface area contributed by atoms with Crippen LogP contribution in [0.25, 0.3) is 0 Å². The van der Waals surface area contributed by atoms with Gasteiger partial charge < -0.3 is 29.0 Å². The van der Waals surface area contributed by atoms with Crippen molar-refractivity contribution in [2.45, 2.75) is 26.2 Å². The molecular formula is C25H26N2O9. The topological polar surface area (TPSA) is 135 Å². The number of carbonyl (C=O) groups is 2. The third-order valence-corrected chi connectivity index (χ3v) is 5.13. The molecule has 1 aliphatic heterocycles. The summed E-state index contributed by atoms with van der Waals surface area (Å²) in [6, 6.07) is 14.9. The average Bonchev–Trinajstić information content (AvgIpc) is 2.87. The summed E-state index contributed by atoms with van der Waals surface area (Å²) in [6.45, 7) is 3.66. The van der Waals surface area contributed by atoms with Crippen LogP contribution < -0.4 is 10.1 Å². The second kappa shape index (κ2) is 12.2.